The molecule has 136 valence electrons. The molecule has 0 aliphatic carbocycles. The molecule has 0 saturated carbocycles. The highest BCUT2D eigenvalue weighted by atomic mass is 35.5. The van der Waals surface area contributed by atoms with Crippen molar-refractivity contribution in [1.29, 1.82) is 0 Å². The lowest BCUT2D eigenvalue weighted by Crippen LogP contribution is -2.29. The SMILES string of the molecule is Cl.NCCCCCCC(=O)N1CCC(COCc2ccccc2)C1. The average Bonchev–Trinajstić information content (AvgIpc) is 3.04. The van der Waals surface area contributed by atoms with Crippen LogP contribution in [0.3, 0.4) is 0 Å². The lowest BCUT2D eigenvalue weighted by Gasteiger charge is -2.16. The van der Waals surface area contributed by atoms with Crippen LogP contribution in [0.25, 0.3) is 0 Å². The molecule has 1 aliphatic rings. The smallest absolute Gasteiger partial charge is 0.222 e. The highest BCUT2D eigenvalue weighted by Crippen LogP contribution is 2.19. The van der Waals surface area contributed by atoms with Crippen molar-refractivity contribution < 1.29 is 9.53 Å². The fraction of sp³-hybridized carbons (Fsp3) is 0.632. The van der Waals surface area contributed by atoms with Gasteiger partial charge in [-0.15, -0.1) is 12.4 Å². The Labute approximate surface area is 152 Å². The number of hydrogen-bond acceptors (Lipinski definition) is 3. The molecule has 0 bridgehead atoms. The first kappa shape index (κ1) is 20.9. The maximum Gasteiger partial charge on any atom is 0.222 e. The summed E-state index contributed by atoms with van der Waals surface area (Å²) in [6, 6.07) is 10.2. The second-order valence-corrected chi connectivity index (χ2v) is 6.45. The molecule has 24 heavy (non-hydrogen) atoms. The van der Waals surface area contributed by atoms with Crippen LogP contribution in [-0.4, -0.2) is 37.0 Å². The van der Waals surface area contributed by atoms with E-state index in [-0.39, 0.29) is 12.4 Å². The van der Waals surface area contributed by atoms with Crippen molar-refractivity contribution in [3.05, 3.63) is 35.9 Å². The van der Waals surface area contributed by atoms with Gasteiger partial charge in [0.1, 0.15) is 0 Å². The minimum absolute atomic E-state index is 0. The Bertz CT molecular complexity index is 456. The Morgan fingerprint density at radius 1 is 1.17 bits per heavy atom. The molecule has 5 heteroatoms. The summed E-state index contributed by atoms with van der Waals surface area (Å²) >= 11 is 0. The number of hydrogen-bond donors (Lipinski definition) is 1. The summed E-state index contributed by atoms with van der Waals surface area (Å²) in [5, 5.41) is 0. The monoisotopic (exact) mass is 354 g/mol. The normalized spacial score (nSPS) is 16.9. The van der Waals surface area contributed by atoms with Gasteiger partial charge in [0.05, 0.1) is 13.2 Å². The number of ether oxygens (including phenoxy) is 1. The van der Waals surface area contributed by atoms with Crippen molar-refractivity contribution in [3.8, 4) is 0 Å². The van der Waals surface area contributed by atoms with Crippen molar-refractivity contribution in [2.24, 2.45) is 11.7 Å². The van der Waals surface area contributed by atoms with Crippen LogP contribution < -0.4 is 5.73 Å². The van der Waals surface area contributed by atoms with E-state index in [0.717, 1.165) is 58.3 Å². The van der Waals surface area contributed by atoms with Crippen LogP contribution >= 0.6 is 12.4 Å². The van der Waals surface area contributed by atoms with Crippen molar-refractivity contribution in [3.63, 3.8) is 0 Å². The van der Waals surface area contributed by atoms with Gasteiger partial charge in [0.2, 0.25) is 5.91 Å². The summed E-state index contributed by atoms with van der Waals surface area (Å²) in [5.74, 6) is 0.795. The number of nitrogens with zero attached hydrogens (tertiary/aromatic N) is 1. The van der Waals surface area contributed by atoms with Crippen molar-refractivity contribution in [2.45, 2.75) is 45.1 Å². The number of rotatable bonds is 10. The first-order valence-electron chi connectivity index (χ1n) is 8.89. The number of carbonyl (C=O) groups excluding carboxylic acids is 1. The molecule has 1 aromatic carbocycles. The third kappa shape index (κ3) is 7.65. The quantitative estimate of drug-likeness (QED) is 0.655. The largest absolute Gasteiger partial charge is 0.376 e. The molecule has 0 aromatic heterocycles. The van der Waals surface area contributed by atoms with Gasteiger partial charge in [-0.2, -0.15) is 0 Å². The highest BCUT2D eigenvalue weighted by Gasteiger charge is 2.25. The first-order chi connectivity index (χ1) is 11.3. The maximum atomic E-state index is 12.2. The van der Waals surface area contributed by atoms with Gasteiger partial charge in [-0.3, -0.25) is 4.79 Å². The summed E-state index contributed by atoms with van der Waals surface area (Å²) in [4.78, 5) is 14.2. The van der Waals surface area contributed by atoms with Crippen molar-refractivity contribution in [2.75, 3.05) is 26.2 Å². The molecular weight excluding hydrogens is 324 g/mol. The van der Waals surface area contributed by atoms with Crippen LogP contribution in [0.4, 0.5) is 0 Å². The number of likely N-dealkylation sites (tertiary alicyclic amines) is 1. The van der Waals surface area contributed by atoms with Crippen LogP contribution in [0.1, 0.15) is 44.1 Å². The van der Waals surface area contributed by atoms with Crippen LogP contribution in [0.5, 0.6) is 0 Å². The first-order valence-corrected chi connectivity index (χ1v) is 8.89. The van der Waals surface area contributed by atoms with Gasteiger partial charge in [0, 0.05) is 25.4 Å². The summed E-state index contributed by atoms with van der Waals surface area (Å²) in [6.07, 6.45) is 6.05. The summed E-state index contributed by atoms with van der Waals surface area (Å²) in [7, 11) is 0. The minimum atomic E-state index is 0. The Morgan fingerprint density at radius 2 is 1.92 bits per heavy atom. The van der Waals surface area contributed by atoms with Gasteiger partial charge in [-0.1, -0.05) is 43.2 Å². The molecule has 1 heterocycles. The predicted octanol–water partition coefficient (Wildman–Crippen LogP) is 3.38. The molecule has 1 aliphatic heterocycles. The molecule has 1 fully saturated rings. The van der Waals surface area contributed by atoms with Gasteiger partial charge in [-0.25, -0.2) is 0 Å². The lowest BCUT2D eigenvalue weighted by molar-refractivity contribution is -0.130. The summed E-state index contributed by atoms with van der Waals surface area (Å²) < 4.78 is 5.81. The van der Waals surface area contributed by atoms with Crippen LogP contribution in [0, 0.1) is 5.92 Å². The third-order valence-electron chi connectivity index (χ3n) is 4.45. The summed E-state index contributed by atoms with van der Waals surface area (Å²) in [6.45, 7) is 3.91. The van der Waals surface area contributed by atoms with Crippen LogP contribution in [0.2, 0.25) is 0 Å². The van der Waals surface area contributed by atoms with Gasteiger partial charge in [0.25, 0.3) is 0 Å². The summed E-state index contributed by atoms with van der Waals surface area (Å²) in [5.41, 5.74) is 6.68. The van der Waals surface area contributed by atoms with E-state index in [9.17, 15) is 4.79 Å². The molecule has 1 aromatic rings. The van der Waals surface area contributed by atoms with Crippen molar-refractivity contribution in [1.82, 2.24) is 4.90 Å². The predicted molar refractivity (Wildman–Crippen MR) is 100 cm³/mol. The molecule has 0 spiro atoms. The van der Waals surface area contributed by atoms with Gasteiger partial charge < -0.3 is 15.4 Å². The maximum absolute atomic E-state index is 12.2. The molecule has 1 atom stereocenters. The Morgan fingerprint density at radius 3 is 2.67 bits per heavy atom. The second-order valence-electron chi connectivity index (χ2n) is 6.45. The zero-order valence-electron chi connectivity index (χ0n) is 14.5. The van der Waals surface area contributed by atoms with E-state index in [0.29, 0.717) is 24.9 Å². The topological polar surface area (TPSA) is 55.6 Å². The van der Waals surface area contributed by atoms with Gasteiger partial charge in [0.15, 0.2) is 0 Å². The Hall–Kier alpha value is -1.10. The zero-order valence-corrected chi connectivity index (χ0v) is 15.3. The fourth-order valence-electron chi connectivity index (χ4n) is 3.05. The second kappa shape index (κ2) is 12.3. The van der Waals surface area contributed by atoms with E-state index in [2.05, 4.69) is 12.1 Å². The van der Waals surface area contributed by atoms with Gasteiger partial charge in [-0.05, 0) is 31.4 Å². The van der Waals surface area contributed by atoms with Crippen molar-refractivity contribution >= 4 is 18.3 Å². The molecule has 2 rings (SSSR count). The molecule has 1 amide bonds. The molecule has 0 radical (unpaired) electrons. The number of amides is 1. The molecule has 4 nitrogen and oxygen atoms in total. The fourth-order valence-corrected chi connectivity index (χ4v) is 3.05. The number of benzene rings is 1. The average molecular weight is 355 g/mol. The number of halogens is 1. The van der Waals surface area contributed by atoms with Gasteiger partial charge >= 0.3 is 0 Å². The number of nitrogens with two attached hydrogens (primary N) is 1. The van der Waals surface area contributed by atoms with E-state index in [1.165, 1.54) is 5.56 Å². The molecule has 2 N–H and O–H groups in total. The Kier molecular flexibility index (Phi) is 10.7. The van der Waals surface area contributed by atoms with E-state index in [1.54, 1.807) is 0 Å². The van der Waals surface area contributed by atoms with E-state index >= 15 is 0 Å². The van der Waals surface area contributed by atoms with E-state index < -0.39 is 0 Å². The standard InChI is InChI=1S/C19H30N2O2.ClH/c20-12-7-2-1-6-10-19(22)21-13-11-18(14-21)16-23-15-17-8-4-3-5-9-17;/h3-5,8-9,18H,1-2,6-7,10-16,20H2;1H. The Balaban J connectivity index is 0.00000288. The van der Waals surface area contributed by atoms with E-state index in [4.69, 9.17) is 10.5 Å². The number of carbonyl (C=O) groups is 1. The molecular formula is C19H31ClN2O2. The van der Waals surface area contributed by atoms with Crippen LogP contribution in [-0.2, 0) is 16.1 Å². The molecule has 1 unspecified atom stereocenters. The zero-order chi connectivity index (χ0) is 16.3. The lowest BCUT2D eigenvalue weighted by atomic mass is 10.1. The van der Waals surface area contributed by atoms with E-state index in [1.807, 2.05) is 23.1 Å². The van der Waals surface area contributed by atoms with Crippen LogP contribution in [0.15, 0.2) is 30.3 Å². The molecule has 1 saturated heterocycles. The minimum Gasteiger partial charge on any atom is -0.376 e. The highest BCUT2D eigenvalue weighted by molar-refractivity contribution is 5.85. The number of unbranched alkanes of at least 4 members (excludes halogenated alkanes) is 3. The third-order valence-corrected chi connectivity index (χ3v) is 4.45.